The summed E-state index contributed by atoms with van der Waals surface area (Å²) in [5.41, 5.74) is 5.89. The summed E-state index contributed by atoms with van der Waals surface area (Å²) in [5.74, 6) is 0.811. The van der Waals surface area contributed by atoms with Gasteiger partial charge < -0.3 is 14.1 Å². The maximum absolute atomic E-state index is 10.9. The van der Waals surface area contributed by atoms with Crippen LogP contribution in [0, 0.1) is 24.0 Å². The van der Waals surface area contributed by atoms with Crippen molar-refractivity contribution in [2.24, 2.45) is 5.16 Å². The molecule has 172 valence electrons. The summed E-state index contributed by atoms with van der Waals surface area (Å²) in [6, 6.07) is 26.4. The second kappa shape index (κ2) is 10.5. The molecule has 34 heavy (non-hydrogen) atoms. The average molecular weight is 456 g/mol. The number of ether oxygens (including phenoxy) is 1. The van der Waals surface area contributed by atoms with Crippen molar-refractivity contribution in [2.45, 2.75) is 27.1 Å². The van der Waals surface area contributed by atoms with Crippen molar-refractivity contribution in [3.8, 4) is 11.4 Å². The predicted octanol–water partition coefficient (Wildman–Crippen LogP) is 6.13. The lowest BCUT2D eigenvalue weighted by Gasteiger charge is -2.11. The minimum atomic E-state index is -0.427. The maximum Gasteiger partial charge on any atom is 0.269 e. The van der Waals surface area contributed by atoms with Crippen molar-refractivity contribution in [3.05, 3.63) is 123 Å². The molecule has 0 unspecified atom stereocenters. The fourth-order valence-corrected chi connectivity index (χ4v) is 3.71. The Morgan fingerprint density at radius 3 is 2.38 bits per heavy atom. The zero-order chi connectivity index (χ0) is 23.9. The number of hydrogen-bond acceptors (Lipinski definition) is 5. The zero-order valence-electron chi connectivity index (χ0n) is 19.0. The predicted molar refractivity (Wildman–Crippen MR) is 131 cm³/mol. The van der Waals surface area contributed by atoms with Gasteiger partial charge in [-0.1, -0.05) is 47.6 Å². The molecule has 0 radical (unpaired) electrons. The number of benzene rings is 3. The Bertz CT molecular complexity index is 1300. The molecule has 1 aromatic heterocycles. The average Bonchev–Trinajstić information content (AvgIpc) is 3.14. The number of aryl methyl sites for hydroxylation is 1. The molecule has 0 N–H and O–H groups in total. The Morgan fingerprint density at radius 1 is 0.912 bits per heavy atom. The summed E-state index contributed by atoms with van der Waals surface area (Å²) in [7, 11) is 0. The van der Waals surface area contributed by atoms with Crippen molar-refractivity contribution >= 4 is 11.9 Å². The number of oxime groups is 1. The largest absolute Gasteiger partial charge is 0.489 e. The van der Waals surface area contributed by atoms with E-state index in [-0.39, 0.29) is 12.3 Å². The minimum absolute atomic E-state index is 0.0325. The lowest BCUT2D eigenvalue weighted by molar-refractivity contribution is -0.384. The molecule has 7 heteroatoms. The van der Waals surface area contributed by atoms with Gasteiger partial charge in [0.1, 0.15) is 19.0 Å². The highest BCUT2D eigenvalue weighted by molar-refractivity contribution is 5.81. The van der Waals surface area contributed by atoms with E-state index >= 15 is 0 Å². The number of nitro groups is 1. The van der Waals surface area contributed by atoms with E-state index in [4.69, 9.17) is 9.57 Å². The van der Waals surface area contributed by atoms with Crippen LogP contribution in [0.1, 0.15) is 28.1 Å². The van der Waals surface area contributed by atoms with E-state index < -0.39 is 4.92 Å². The number of rotatable bonds is 9. The van der Waals surface area contributed by atoms with Gasteiger partial charge in [0.2, 0.25) is 0 Å². The van der Waals surface area contributed by atoms with Crippen LogP contribution in [0.2, 0.25) is 0 Å². The molecule has 3 aromatic carbocycles. The number of aromatic nitrogens is 1. The molecule has 0 spiro atoms. The van der Waals surface area contributed by atoms with Crippen LogP contribution in [0.5, 0.6) is 5.75 Å². The zero-order valence-corrected chi connectivity index (χ0v) is 19.0. The van der Waals surface area contributed by atoms with E-state index in [1.165, 1.54) is 12.1 Å². The Morgan fingerprint density at radius 2 is 1.65 bits per heavy atom. The lowest BCUT2D eigenvalue weighted by atomic mass is 10.2. The molecule has 0 fully saturated rings. The first-order chi connectivity index (χ1) is 16.5. The van der Waals surface area contributed by atoms with Crippen molar-refractivity contribution in [3.63, 3.8) is 0 Å². The van der Waals surface area contributed by atoms with E-state index in [1.54, 1.807) is 18.3 Å². The minimum Gasteiger partial charge on any atom is -0.489 e. The number of nitro benzene ring substituents is 1. The van der Waals surface area contributed by atoms with Crippen molar-refractivity contribution < 1.29 is 14.5 Å². The highest BCUT2D eigenvalue weighted by Gasteiger charge is 2.10. The van der Waals surface area contributed by atoms with Gasteiger partial charge in [-0.25, -0.2) is 0 Å². The first-order valence-electron chi connectivity index (χ1n) is 10.9. The van der Waals surface area contributed by atoms with Crippen LogP contribution in [-0.4, -0.2) is 15.7 Å². The molecule has 0 saturated carbocycles. The van der Waals surface area contributed by atoms with Gasteiger partial charge >= 0.3 is 0 Å². The fraction of sp³-hybridized carbons (Fsp3) is 0.148. The summed E-state index contributed by atoms with van der Waals surface area (Å²) in [4.78, 5) is 15.8. The lowest BCUT2D eigenvalue weighted by Crippen LogP contribution is -2.00. The Balaban J connectivity index is 1.39. The summed E-state index contributed by atoms with van der Waals surface area (Å²) in [5, 5.41) is 15.0. The molecule has 0 aliphatic rings. The van der Waals surface area contributed by atoms with Crippen molar-refractivity contribution in [1.82, 2.24) is 4.57 Å². The molecule has 0 aliphatic carbocycles. The van der Waals surface area contributed by atoms with E-state index in [1.807, 2.05) is 74.5 Å². The van der Waals surface area contributed by atoms with E-state index in [0.29, 0.717) is 12.2 Å². The molecule has 0 atom stereocenters. The topological polar surface area (TPSA) is 78.9 Å². The van der Waals surface area contributed by atoms with E-state index in [0.717, 1.165) is 34.0 Å². The Labute approximate surface area is 198 Å². The highest BCUT2D eigenvalue weighted by Crippen LogP contribution is 2.23. The van der Waals surface area contributed by atoms with Gasteiger partial charge in [-0.3, -0.25) is 10.1 Å². The number of hydrogen-bond donors (Lipinski definition) is 0. The molecule has 7 nitrogen and oxygen atoms in total. The van der Waals surface area contributed by atoms with Crippen LogP contribution in [0.25, 0.3) is 5.69 Å². The molecular formula is C27H25N3O4. The van der Waals surface area contributed by atoms with Gasteiger partial charge in [0, 0.05) is 34.8 Å². The second-order valence-electron chi connectivity index (χ2n) is 7.87. The van der Waals surface area contributed by atoms with Crippen LogP contribution in [0.4, 0.5) is 5.69 Å². The Kier molecular flexibility index (Phi) is 7.03. The molecule has 0 amide bonds. The summed E-state index contributed by atoms with van der Waals surface area (Å²) in [6.07, 6.45) is 1.66. The Hall–Kier alpha value is -4.39. The fourth-order valence-electron chi connectivity index (χ4n) is 3.71. The summed E-state index contributed by atoms with van der Waals surface area (Å²) >= 11 is 0. The van der Waals surface area contributed by atoms with Crippen LogP contribution >= 0.6 is 0 Å². The van der Waals surface area contributed by atoms with Crippen LogP contribution in [-0.2, 0) is 18.1 Å². The normalized spacial score (nSPS) is 11.0. The van der Waals surface area contributed by atoms with Crippen LogP contribution in [0.15, 0.2) is 90.1 Å². The van der Waals surface area contributed by atoms with Gasteiger partial charge in [-0.15, -0.1) is 0 Å². The smallest absolute Gasteiger partial charge is 0.269 e. The van der Waals surface area contributed by atoms with Gasteiger partial charge in [0.05, 0.1) is 11.1 Å². The number of nitrogens with zero attached hydrogens (tertiary/aromatic N) is 3. The van der Waals surface area contributed by atoms with Gasteiger partial charge in [0.15, 0.2) is 0 Å². The van der Waals surface area contributed by atoms with E-state index in [2.05, 4.69) is 9.72 Å². The summed E-state index contributed by atoms with van der Waals surface area (Å²) in [6.45, 7) is 4.74. The van der Waals surface area contributed by atoms with E-state index in [9.17, 15) is 10.1 Å². The highest BCUT2D eigenvalue weighted by atomic mass is 16.6. The first-order valence-corrected chi connectivity index (χ1v) is 10.9. The second-order valence-corrected chi connectivity index (χ2v) is 7.87. The third-order valence-corrected chi connectivity index (χ3v) is 5.43. The standard InChI is InChI=1S/C27H25N3O4/c1-20-15-24(17-28-34-19-23-9-6-10-26(16-23)30(31)32)21(2)29(20)25-11-13-27(14-12-25)33-18-22-7-4-3-5-8-22/h3-17H,18-19H2,1-2H3/b28-17-. The molecule has 1 heterocycles. The quantitative estimate of drug-likeness (QED) is 0.173. The molecular weight excluding hydrogens is 430 g/mol. The molecule has 4 aromatic rings. The third-order valence-electron chi connectivity index (χ3n) is 5.43. The molecule has 0 bridgehead atoms. The number of non-ortho nitro benzene ring substituents is 1. The molecule has 0 aliphatic heterocycles. The van der Waals surface area contributed by atoms with Crippen LogP contribution < -0.4 is 4.74 Å². The molecule has 0 saturated heterocycles. The molecule has 4 rings (SSSR count). The van der Waals surface area contributed by atoms with Gasteiger partial charge in [0.25, 0.3) is 5.69 Å². The third kappa shape index (κ3) is 5.50. The van der Waals surface area contributed by atoms with Gasteiger partial charge in [-0.2, -0.15) is 0 Å². The van der Waals surface area contributed by atoms with Crippen molar-refractivity contribution in [1.29, 1.82) is 0 Å². The van der Waals surface area contributed by atoms with Crippen LogP contribution in [0.3, 0.4) is 0 Å². The van der Waals surface area contributed by atoms with Gasteiger partial charge in [-0.05, 0) is 55.3 Å². The monoisotopic (exact) mass is 455 g/mol. The maximum atomic E-state index is 10.9. The summed E-state index contributed by atoms with van der Waals surface area (Å²) < 4.78 is 8.03. The SMILES string of the molecule is Cc1cc(/C=N\OCc2cccc([N+](=O)[O-])c2)c(C)n1-c1ccc(OCc2ccccc2)cc1. The first kappa shape index (κ1) is 22.8. The van der Waals surface area contributed by atoms with Crippen molar-refractivity contribution in [2.75, 3.05) is 0 Å².